The number of furan rings is 1. The van der Waals surface area contributed by atoms with E-state index in [4.69, 9.17) is 9.15 Å². The van der Waals surface area contributed by atoms with Gasteiger partial charge in [0.05, 0.1) is 17.7 Å². The summed E-state index contributed by atoms with van der Waals surface area (Å²) in [5.41, 5.74) is 0. The molecule has 2 rings (SSSR count). The molecule has 0 aliphatic heterocycles. The van der Waals surface area contributed by atoms with Gasteiger partial charge in [0.2, 0.25) is 11.7 Å². The maximum atomic E-state index is 12.0. The molecule has 0 aliphatic carbocycles. The fourth-order valence-corrected chi connectivity index (χ4v) is 2.45. The van der Waals surface area contributed by atoms with Crippen LogP contribution in [0.1, 0.15) is 27.2 Å². The minimum Gasteiger partial charge on any atom is -0.461 e. The Hall–Kier alpha value is -1.92. The molecule has 0 saturated heterocycles. The van der Waals surface area contributed by atoms with Gasteiger partial charge in [0.25, 0.3) is 0 Å². The van der Waals surface area contributed by atoms with Crippen LogP contribution >= 0.6 is 11.3 Å². The summed E-state index contributed by atoms with van der Waals surface area (Å²) in [5.74, 6) is 0.00448. The van der Waals surface area contributed by atoms with Gasteiger partial charge in [-0.1, -0.05) is 0 Å². The van der Waals surface area contributed by atoms with Crippen molar-refractivity contribution in [2.45, 2.75) is 13.5 Å². The first-order valence-corrected chi connectivity index (χ1v) is 7.03. The highest BCUT2D eigenvalue weighted by atomic mass is 32.1. The van der Waals surface area contributed by atoms with Crippen molar-refractivity contribution in [1.29, 1.82) is 0 Å². The van der Waals surface area contributed by atoms with Crippen molar-refractivity contribution in [3.8, 4) is 0 Å². The van der Waals surface area contributed by atoms with Crippen molar-refractivity contribution >= 4 is 23.0 Å². The second-order valence-electron chi connectivity index (χ2n) is 3.99. The lowest BCUT2D eigenvalue weighted by Gasteiger charge is -2.02. The first-order chi connectivity index (χ1) is 9.70. The molecule has 20 heavy (non-hydrogen) atoms. The summed E-state index contributed by atoms with van der Waals surface area (Å²) in [6.07, 6.45) is 1.47. The molecule has 1 N–H and O–H groups in total. The Morgan fingerprint density at radius 3 is 2.90 bits per heavy atom. The van der Waals surface area contributed by atoms with Crippen molar-refractivity contribution < 1.29 is 18.7 Å². The van der Waals surface area contributed by atoms with E-state index >= 15 is 0 Å². The third-order valence-corrected chi connectivity index (χ3v) is 3.61. The van der Waals surface area contributed by atoms with E-state index in [-0.39, 0.29) is 18.3 Å². The maximum Gasteiger partial charge on any atom is 0.246 e. The largest absolute Gasteiger partial charge is 0.461 e. The first-order valence-electron chi connectivity index (χ1n) is 6.22. The van der Waals surface area contributed by atoms with E-state index in [1.165, 1.54) is 17.6 Å². The number of carbonyl (C=O) groups is 2. The second-order valence-corrected chi connectivity index (χ2v) is 5.15. The van der Waals surface area contributed by atoms with E-state index in [1.54, 1.807) is 18.2 Å². The van der Waals surface area contributed by atoms with Crippen LogP contribution in [0.2, 0.25) is 0 Å². The molecule has 0 spiro atoms. The van der Waals surface area contributed by atoms with Gasteiger partial charge in [-0.2, -0.15) is 0 Å². The summed E-state index contributed by atoms with van der Waals surface area (Å²) in [4.78, 5) is 24.9. The topological polar surface area (TPSA) is 68.5 Å². The van der Waals surface area contributed by atoms with E-state index in [2.05, 4.69) is 5.32 Å². The predicted molar refractivity (Wildman–Crippen MR) is 74.8 cm³/mol. The average molecular weight is 293 g/mol. The predicted octanol–water partition coefficient (Wildman–Crippen LogP) is 2.22. The fourth-order valence-electron chi connectivity index (χ4n) is 1.56. The van der Waals surface area contributed by atoms with Gasteiger partial charge in [0, 0.05) is 11.5 Å². The molecular weight excluding hydrogens is 278 g/mol. The van der Waals surface area contributed by atoms with Gasteiger partial charge in [-0.15, -0.1) is 11.3 Å². The molecule has 2 aromatic heterocycles. The average Bonchev–Trinajstić information content (AvgIpc) is 3.12. The van der Waals surface area contributed by atoms with Gasteiger partial charge in [0.1, 0.15) is 6.61 Å². The molecule has 5 nitrogen and oxygen atoms in total. The lowest BCUT2D eigenvalue weighted by molar-refractivity contribution is -0.125. The summed E-state index contributed by atoms with van der Waals surface area (Å²) in [6, 6.07) is 6.86. The molecule has 0 atom stereocenters. The van der Waals surface area contributed by atoms with Crippen LogP contribution < -0.4 is 5.32 Å². The normalized spacial score (nSPS) is 10.4. The van der Waals surface area contributed by atoms with Gasteiger partial charge in [-0.25, -0.2) is 0 Å². The van der Waals surface area contributed by atoms with E-state index < -0.39 is 0 Å². The lowest BCUT2D eigenvalue weighted by atomic mass is 10.2. The zero-order valence-electron chi connectivity index (χ0n) is 11.0. The van der Waals surface area contributed by atoms with E-state index in [1.807, 2.05) is 13.0 Å². The minimum absolute atomic E-state index is 0.0556. The van der Waals surface area contributed by atoms with Crippen molar-refractivity contribution in [3.63, 3.8) is 0 Å². The van der Waals surface area contributed by atoms with Crippen LogP contribution in [0.5, 0.6) is 0 Å². The highest BCUT2D eigenvalue weighted by molar-refractivity contribution is 7.14. The lowest BCUT2D eigenvalue weighted by Crippen LogP contribution is -2.26. The fraction of sp³-hybridized carbons (Fsp3) is 0.286. The third-order valence-electron chi connectivity index (χ3n) is 2.53. The van der Waals surface area contributed by atoms with Crippen LogP contribution in [-0.4, -0.2) is 24.9 Å². The van der Waals surface area contributed by atoms with E-state index in [9.17, 15) is 9.59 Å². The number of hydrogen-bond acceptors (Lipinski definition) is 5. The van der Waals surface area contributed by atoms with Crippen LogP contribution in [-0.2, 0) is 16.1 Å². The SMILES string of the molecule is CCOCC(=O)NCc1ccc(C(=O)c2ccco2)s1. The van der Waals surface area contributed by atoms with Gasteiger partial charge in [-0.05, 0) is 31.2 Å². The molecule has 106 valence electrons. The number of thiophene rings is 1. The molecular formula is C14H15NO4S. The molecule has 0 bridgehead atoms. The Balaban J connectivity index is 1.89. The molecule has 0 radical (unpaired) electrons. The molecule has 1 amide bonds. The number of ether oxygens (including phenoxy) is 1. The Bertz CT molecular complexity index is 574. The molecule has 0 unspecified atom stereocenters. The highest BCUT2D eigenvalue weighted by Crippen LogP contribution is 2.20. The molecule has 2 heterocycles. The zero-order chi connectivity index (χ0) is 14.4. The Morgan fingerprint density at radius 1 is 1.35 bits per heavy atom. The summed E-state index contributed by atoms with van der Waals surface area (Å²) in [6.45, 7) is 2.79. The summed E-state index contributed by atoms with van der Waals surface area (Å²) >= 11 is 1.34. The number of amides is 1. The summed E-state index contributed by atoms with van der Waals surface area (Å²) in [5, 5.41) is 2.73. The number of hydrogen-bond donors (Lipinski definition) is 1. The number of rotatable bonds is 7. The molecule has 0 aromatic carbocycles. The minimum atomic E-state index is -0.167. The van der Waals surface area contributed by atoms with Crippen molar-refractivity contribution in [3.05, 3.63) is 46.0 Å². The van der Waals surface area contributed by atoms with Crippen molar-refractivity contribution in [1.82, 2.24) is 5.32 Å². The zero-order valence-corrected chi connectivity index (χ0v) is 11.9. The molecule has 6 heteroatoms. The molecule has 0 saturated carbocycles. The van der Waals surface area contributed by atoms with Gasteiger partial charge in [-0.3, -0.25) is 9.59 Å². The van der Waals surface area contributed by atoms with Gasteiger partial charge < -0.3 is 14.5 Å². The maximum absolute atomic E-state index is 12.0. The summed E-state index contributed by atoms with van der Waals surface area (Å²) in [7, 11) is 0. The standard InChI is InChI=1S/C14H15NO4S/c1-2-18-9-13(16)15-8-10-5-6-12(20-10)14(17)11-4-3-7-19-11/h3-7H,2,8-9H2,1H3,(H,15,16). The van der Waals surface area contributed by atoms with Crippen LogP contribution in [0, 0.1) is 0 Å². The van der Waals surface area contributed by atoms with Crippen molar-refractivity contribution in [2.24, 2.45) is 0 Å². The number of nitrogens with one attached hydrogen (secondary N) is 1. The molecule has 0 aliphatic rings. The van der Waals surface area contributed by atoms with Gasteiger partial charge >= 0.3 is 0 Å². The van der Waals surface area contributed by atoms with Crippen LogP contribution in [0.25, 0.3) is 0 Å². The highest BCUT2D eigenvalue weighted by Gasteiger charge is 2.14. The van der Waals surface area contributed by atoms with Gasteiger partial charge in [0.15, 0.2) is 5.76 Å². The van der Waals surface area contributed by atoms with Crippen molar-refractivity contribution in [2.75, 3.05) is 13.2 Å². The number of carbonyl (C=O) groups excluding carboxylic acids is 2. The quantitative estimate of drug-likeness (QED) is 0.795. The van der Waals surface area contributed by atoms with Crippen LogP contribution in [0.15, 0.2) is 34.9 Å². The third kappa shape index (κ3) is 3.79. The smallest absolute Gasteiger partial charge is 0.246 e. The Kier molecular flexibility index (Phi) is 5.09. The Morgan fingerprint density at radius 2 is 2.20 bits per heavy atom. The molecule has 2 aromatic rings. The first kappa shape index (κ1) is 14.5. The van der Waals surface area contributed by atoms with E-state index in [0.29, 0.717) is 23.8 Å². The van der Waals surface area contributed by atoms with E-state index in [0.717, 1.165) is 4.88 Å². The molecule has 0 fully saturated rings. The van der Waals surface area contributed by atoms with Crippen LogP contribution in [0.3, 0.4) is 0 Å². The summed E-state index contributed by atoms with van der Waals surface area (Å²) < 4.78 is 10.1. The number of ketones is 1. The monoisotopic (exact) mass is 293 g/mol. The second kappa shape index (κ2) is 7.02. The van der Waals surface area contributed by atoms with Crippen LogP contribution in [0.4, 0.5) is 0 Å². The Labute approximate surface area is 120 Å².